The van der Waals surface area contributed by atoms with Crippen LogP contribution in [0.25, 0.3) is 10.9 Å². The molecule has 0 bridgehead atoms. The fourth-order valence-corrected chi connectivity index (χ4v) is 4.42. The lowest BCUT2D eigenvalue weighted by Crippen LogP contribution is -2.32. The number of hydrogen-bond acceptors (Lipinski definition) is 6. The molecule has 0 amide bonds. The number of rotatable bonds is 5. The number of fused-ring (bicyclic) bond motifs is 1. The van der Waals surface area contributed by atoms with Crippen LogP contribution in [0.3, 0.4) is 0 Å². The number of aromatic nitrogens is 5. The topological polar surface area (TPSA) is 85.9 Å². The van der Waals surface area contributed by atoms with Gasteiger partial charge in [-0.1, -0.05) is 28.9 Å². The third kappa shape index (κ3) is 4.07. The van der Waals surface area contributed by atoms with Gasteiger partial charge in [0, 0.05) is 34.9 Å². The maximum absolute atomic E-state index is 13.2. The number of nitrogens with zero attached hydrogens (tertiary/aromatic N) is 5. The van der Waals surface area contributed by atoms with Gasteiger partial charge in [-0.15, -0.1) is 5.10 Å². The van der Waals surface area contributed by atoms with E-state index in [2.05, 4.69) is 20.3 Å². The number of pyridine rings is 2. The third-order valence-electron chi connectivity index (χ3n) is 5.67. The number of alkyl halides is 3. The number of benzene rings is 1. The average molecular weight is 492 g/mol. The molecule has 3 aromatic heterocycles. The highest BCUT2D eigenvalue weighted by Gasteiger charge is 2.39. The summed E-state index contributed by atoms with van der Waals surface area (Å²) in [5.41, 5.74) is 0.753. The van der Waals surface area contributed by atoms with Crippen LogP contribution in [0.1, 0.15) is 33.8 Å². The summed E-state index contributed by atoms with van der Waals surface area (Å²) >= 11 is 6.46. The van der Waals surface area contributed by atoms with Gasteiger partial charge in [-0.2, -0.15) is 13.2 Å². The zero-order valence-corrected chi connectivity index (χ0v) is 19.5. The molecule has 3 heterocycles. The quantitative estimate of drug-likeness (QED) is 0.444. The van der Waals surface area contributed by atoms with Crippen molar-refractivity contribution in [1.29, 1.82) is 0 Å². The minimum Gasteiger partial charge on any atom is -0.481 e. The number of ether oxygens (including phenoxy) is 1. The van der Waals surface area contributed by atoms with E-state index < -0.39 is 18.2 Å². The Morgan fingerprint density at radius 2 is 1.85 bits per heavy atom. The second-order valence-electron chi connectivity index (χ2n) is 7.98. The summed E-state index contributed by atoms with van der Waals surface area (Å²) in [6.07, 6.45) is -4.40. The first kappa shape index (κ1) is 23.9. The largest absolute Gasteiger partial charge is 0.481 e. The second-order valence-corrected chi connectivity index (χ2v) is 8.35. The van der Waals surface area contributed by atoms with Crippen LogP contribution in [0.5, 0.6) is 5.88 Å². The van der Waals surface area contributed by atoms with Crippen LogP contribution in [0.2, 0.25) is 5.02 Å². The Bertz CT molecular complexity index is 1390. The summed E-state index contributed by atoms with van der Waals surface area (Å²) in [5, 5.41) is 20.1. The van der Waals surface area contributed by atoms with Crippen LogP contribution < -0.4 is 4.74 Å². The Morgan fingerprint density at radius 3 is 2.44 bits per heavy atom. The normalized spacial score (nSPS) is 13.8. The highest BCUT2D eigenvalue weighted by atomic mass is 35.5. The number of aliphatic hydroxyl groups is 1. The number of halogens is 4. The van der Waals surface area contributed by atoms with Crippen molar-refractivity contribution in [1.82, 2.24) is 25.0 Å². The fourth-order valence-electron chi connectivity index (χ4n) is 4.12. The molecule has 0 aliphatic carbocycles. The lowest BCUT2D eigenvalue weighted by atomic mass is 9.82. The van der Waals surface area contributed by atoms with E-state index in [4.69, 9.17) is 16.3 Å². The van der Waals surface area contributed by atoms with Crippen LogP contribution >= 0.6 is 11.6 Å². The molecule has 1 atom stereocenters. The van der Waals surface area contributed by atoms with Crippen LogP contribution in [0.4, 0.5) is 13.2 Å². The Morgan fingerprint density at radius 1 is 1.12 bits per heavy atom. The fraction of sp³-hybridized carbons (Fsp3) is 0.304. The first-order chi connectivity index (χ1) is 16.0. The molecule has 0 fully saturated rings. The van der Waals surface area contributed by atoms with E-state index in [0.29, 0.717) is 28.0 Å². The van der Waals surface area contributed by atoms with Crippen LogP contribution in [0, 0.1) is 13.8 Å². The Balaban J connectivity index is 2.02. The van der Waals surface area contributed by atoms with Gasteiger partial charge in [0.2, 0.25) is 5.88 Å². The molecule has 0 aliphatic heterocycles. The molecule has 0 radical (unpaired) electrons. The van der Waals surface area contributed by atoms with Gasteiger partial charge in [-0.05, 0) is 37.6 Å². The molecular weight excluding hydrogens is 471 g/mol. The van der Waals surface area contributed by atoms with Crippen molar-refractivity contribution in [2.75, 3.05) is 7.11 Å². The van der Waals surface area contributed by atoms with Crippen LogP contribution in [-0.4, -0.2) is 43.4 Å². The van der Waals surface area contributed by atoms with E-state index in [1.54, 1.807) is 38.2 Å². The molecular formula is C23H21ClF3N5O2. The van der Waals surface area contributed by atoms with Crippen molar-refractivity contribution >= 4 is 22.5 Å². The smallest absolute Gasteiger partial charge is 0.393 e. The van der Waals surface area contributed by atoms with Gasteiger partial charge >= 0.3 is 6.18 Å². The second kappa shape index (κ2) is 8.52. The van der Waals surface area contributed by atoms with Crippen molar-refractivity contribution in [3.8, 4) is 5.88 Å². The summed E-state index contributed by atoms with van der Waals surface area (Å²) in [6, 6.07) is 8.23. The molecule has 34 heavy (non-hydrogen) atoms. The van der Waals surface area contributed by atoms with E-state index >= 15 is 0 Å². The highest BCUT2D eigenvalue weighted by Crippen LogP contribution is 2.41. The van der Waals surface area contributed by atoms with E-state index in [1.807, 2.05) is 6.92 Å². The molecule has 1 N–H and O–H groups in total. The van der Waals surface area contributed by atoms with Crippen molar-refractivity contribution < 1.29 is 23.0 Å². The summed E-state index contributed by atoms with van der Waals surface area (Å²) in [6.45, 7) is 3.59. The molecule has 11 heteroatoms. The summed E-state index contributed by atoms with van der Waals surface area (Å²) < 4.78 is 46.2. The molecule has 0 saturated carbocycles. The Labute approximate surface area is 198 Å². The van der Waals surface area contributed by atoms with Crippen molar-refractivity contribution in [2.24, 2.45) is 7.05 Å². The molecule has 1 unspecified atom stereocenters. The molecule has 4 aromatic rings. The SMILES string of the molecule is COc1nc2ccc(C(O)(c3ccc(C)nc3C)c3cnnn3C)cc2c(Cl)c1CC(F)(F)F. The van der Waals surface area contributed by atoms with Gasteiger partial charge in [-0.25, -0.2) is 9.67 Å². The Kier molecular flexibility index (Phi) is 5.99. The average Bonchev–Trinajstić information content (AvgIpc) is 3.20. The van der Waals surface area contributed by atoms with Crippen LogP contribution in [0.15, 0.2) is 36.5 Å². The molecule has 7 nitrogen and oxygen atoms in total. The van der Waals surface area contributed by atoms with Crippen molar-refractivity contribution in [3.63, 3.8) is 0 Å². The van der Waals surface area contributed by atoms with E-state index in [1.165, 1.54) is 24.1 Å². The highest BCUT2D eigenvalue weighted by molar-refractivity contribution is 6.36. The standard InChI is InChI=1S/C23H21ClF3N5O2/c1-12-5-7-17(13(2)29-12)23(33,19-11-28-31-32(19)3)14-6-8-18-15(9-14)20(24)16(10-22(25,26)27)21(30-18)34-4/h5-9,11,33H,10H2,1-4H3. The molecule has 178 valence electrons. The lowest BCUT2D eigenvalue weighted by molar-refractivity contribution is -0.127. The van der Waals surface area contributed by atoms with Crippen molar-refractivity contribution in [3.05, 3.63) is 75.3 Å². The summed E-state index contributed by atoms with van der Waals surface area (Å²) in [7, 11) is 2.87. The number of aryl methyl sites for hydroxylation is 3. The monoisotopic (exact) mass is 491 g/mol. The number of hydrogen-bond donors (Lipinski definition) is 1. The zero-order valence-electron chi connectivity index (χ0n) is 18.8. The van der Waals surface area contributed by atoms with Gasteiger partial charge in [0.05, 0.1) is 36.0 Å². The third-order valence-corrected chi connectivity index (χ3v) is 6.10. The zero-order chi connectivity index (χ0) is 24.8. The van der Waals surface area contributed by atoms with E-state index in [-0.39, 0.29) is 21.9 Å². The first-order valence-electron chi connectivity index (χ1n) is 10.2. The first-order valence-corrected chi connectivity index (χ1v) is 10.6. The van der Waals surface area contributed by atoms with Gasteiger partial charge in [0.15, 0.2) is 5.60 Å². The van der Waals surface area contributed by atoms with Crippen LogP contribution in [-0.2, 0) is 19.1 Å². The minimum absolute atomic E-state index is 0.148. The minimum atomic E-state index is -4.52. The summed E-state index contributed by atoms with van der Waals surface area (Å²) in [4.78, 5) is 8.69. The number of methoxy groups -OCH3 is 1. The molecule has 0 aliphatic rings. The predicted molar refractivity (Wildman–Crippen MR) is 120 cm³/mol. The molecule has 0 saturated heterocycles. The predicted octanol–water partition coefficient (Wildman–Crippen LogP) is 4.43. The molecule has 0 spiro atoms. The van der Waals surface area contributed by atoms with E-state index in [9.17, 15) is 18.3 Å². The maximum Gasteiger partial charge on any atom is 0.393 e. The van der Waals surface area contributed by atoms with Gasteiger partial charge in [0.1, 0.15) is 0 Å². The van der Waals surface area contributed by atoms with Gasteiger partial charge in [0.25, 0.3) is 0 Å². The van der Waals surface area contributed by atoms with Gasteiger partial charge < -0.3 is 9.84 Å². The summed E-state index contributed by atoms with van der Waals surface area (Å²) in [5.74, 6) is -0.202. The Hall–Kier alpha value is -3.24. The van der Waals surface area contributed by atoms with E-state index in [0.717, 1.165) is 5.69 Å². The maximum atomic E-state index is 13.2. The molecule has 4 rings (SSSR count). The van der Waals surface area contributed by atoms with Crippen molar-refractivity contribution in [2.45, 2.75) is 32.0 Å². The van der Waals surface area contributed by atoms with Gasteiger partial charge in [-0.3, -0.25) is 4.98 Å². The lowest BCUT2D eigenvalue weighted by Gasteiger charge is -2.30. The molecule has 1 aromatic carbocycles.